The van der Waals surface area contributed by atoms with E-state index in [9.17, 15) is 4.79 Å². The minimum atomic E-state index is -1.17. The maximum Gasteiger partial charge on any atom is 0.410 e. The number of halogens is 1. The van der Waals surface area contributed by atoms with E-state index in [0.29, 0.717) is 26.4 Å². The Balaban J connectivity index is 1.83. The summed E-state index contributed by atoms with van der Waals surface area (Å²) in [5.41, 5.74) is 2.09. The van der Waals surface area contributed by atoms with E-state index in [1.54, 1.807) is 11.1 Å². The molecule has 7 nitrogen and oxygen atoms in total. The van der Waals surface area contributed by atoms with Crippen LogP contribution in [0, 0.1) is 0 Å². The summed E-state index contributed by atoms with van der Waals surface area (Å²) < 4.78 is 14.5. The number of imidazole rings is 1. The lowest BCUT2D eigenvalue weighted by atomic mass is 10.2. The van der Waals surface area contributed by atoms with Crippen molar-refractivity contribution < 1.29 is 14.3 Å². The van der Waals surface area contributed by atoms with Gasteiger partial charge in [0.1, 0.15) is 18.0 Å². The first kappa shape index (κ1) is 23.0. The smallest absolute Gasteiger partial charge is 0.410 e. The Morgan fingerprint density at radius 1 is 1.27 bits per heavy atom. The van der Waals surface area contributed by atoms with Crippen molar-refractivity contribution in [3.05, 3.63) is 34.2 Å². The van der Waals surface area contributed by atoms with Crippen molar-refractivity contribution in [3.63, 3.8) is 0 Å². The van der Waals surface area contributed by atoms with Gasteiger partial charge in [0.2, 0.25) is 0 Å². The quantitative estimate of drug-likeness (QED) is 0.403. The fourth-order valence-corrected chi connectivity index (χ4v) is 4.20. The average Bonchev–Trinajstić information content (AvgIpc) is 3.15. The largest absolute Gasteiger partial charge is 0.444 e. The molecule has 2 aromatic heterocycles. The summed E-state index contributed by atoms with van der Waals surface area (Å²) in [6.45, 7) is 14.6. The lowest BCUT2D eigenvalue weighted by Crippen LogP contribution is -2.34. The first-order valence-corrected chi connectivity index (χ1v) is 14.7. The Bertz CT molecular complexity index is 918. The summed E-state index contributed by atoms with van der Waals surface area (Å²) in [6, 6.07) is 4.93. The van der Waals surface area contributed by atoms with Gasteiger partial charge in [0, 0.05) is 25.4 Å². The normalized spacial score (nSPS) is 14.2. The van der Waals surface area contributed by atoms with Crippen molar-refractivity contribution in [3.8, 4) is 11.5 Å². The summed E-state index contributed by atoms with van der Waals surface area (Å²) in [6.07, 6.45) is 1.43. The van der Waals surface area contributed by atoms with Gasteiger partial charge in [-0.2, -0.15) is 0 Å². The van der Waals surface area contributed by atoms with Crippen molar-refractivity contribution in [2.24, 2.45) is 0 Å². The maximum atomic E-state index is 12.5. The second-order valence-electron chi connectivity index (χ2n) is 9.80. The molecule has 0 aromatic carbocycles. The fourth-order valence-electron chi connectivity index (χ4n) is 3.11. The number of rotatable bonds is 6. The zero-order valence-corrected chi connectivity index (χ0v) is 21.2. The van der Waals surface area contributed by atoms with Crippen LogP contribution in [-0.2, 0) is 29.3 Å². The molecule has 164 valence electrons. The van der Waals surface area contributed by atoms with Gasteiger partial charge in [-0.15, -0.1) is 0 Å². The van der Waals surface area contributed by atoms with E-state index in [2.05, 4.69) is 40.6 Å². The van der Waals surface area contributed by atoms with E-state index in [1.807, 2.05) is 37.5 Å². The molecular weight excluding hydrogens is 464 g/mol. The molecule has 0 unspecified atom stereocenters. The second kappa shape index (κ2) is 8.80. The standard InChI is InChI=1S/C21H31BrN4O3Si/c1-21(2,3)29-20(27)25-12-17-18(13-25)26(14-28-9-10-30(4,5)6)19(24-17)16-11-15(22)7-8-23-16/h7-8,11H,9-10,12-14H2,1-6H3. The highest BCUT2D eigenvalue weighted by molar-refractivity contribution is 9.10. The molecule has 0 spiro atoms. The van der Waals surface area contributed by atoms with Gasteiger partial charge in [0.25, 0.3) is 0 Å². The number of nitrogens with zero attached hydrogens (tertiary/aromatic N) is 4. The van der Waals surface area contributed by atoms with Crippen molar-refractivity contribution in [1.82, 2.24) is 19.4 Å². The molecule has 3 rings (SSSR count). The molecule has 0 saturated heterocycles. The zero-order valence-electron chi connectivity index (χ0n) is 18.7. The molecule has 30 heavy (non-hydrogen) atoms. The lowest BCUT2D eigenvalue weighted by Gasteiger charge is -2.24. The highest BCUT2D eigenvalue weighted by Gasteiger charge is 2.33. The van der Waals surface area contributed by atoms with E-state index >= 15 is 0 Å². The molecule has 1 aliphatic heterocycles. The molecule has 0 N–H and O–H groups in total. The first-order chi connectivity index (χ1) is 13.9. The second-order valence-corrected chi connectivity index (χ2v) is 16.3. The minimum Gasteiger partial charge on any atom is -0.444 e. The van der Waals surface area contributed by atoms with Crippen LogP contribution in [0.5, 0.6) is 0 Å². The molecular formula is C21H31BrN4O3Si. The fraction of sp³-hybridized carbons (Fsp3) is 0.571. The van der Waals surface area contributed by atoms with Crippen LogP contribution in [0.1, 0.15) is 32.2 Å². The molecule has 2 aromatic rings. The number of hydrogen-bond donors (Lipinski definition) is 0. The molecule has 1 amide bonds. The Morgan fingerprint density at radius 2 is 2.00 bits per heavy atom. The molecule has 1 aliphatic rings. The highest BCUT2D eigenvalue weighted by atomic mass is 79.9. The van der Waals surface area contributed by atoms with Crippen LogP contribution in [-0.4, -0.2) is 45.8 Å². The van der Waals surface area contributed by atoms with E-state index in [0.717, 1.165) is 33.4 Å². The van der Waals surface area contributed by atoms with Gasteiger partial charge in [-0.25, -0.2) is 9.78 Å². The molecule has 0 saturated carbocycles. The maximum absolute atomic E-state index is 12.5. The Hall–Kier alpha value is -1.71. The van der Waals surface area contributed by atoms with Crippen LogP contribution < -0.4 is 0 Å². The number of amides is 1. The summed E-state index contributed by atoms with van der Waals surface area (Å²) in [5, 5.41) is 0. The summed E-state index contributed by atoms with van der Waals surface area (Å²) in [4.78, 5) is 23.5. The molecule has 0 aliphatic carbocycles. The van der Waals surface area contributed by atoms with Gasteiger partial charge < -0.3 is 14.0 Å². The Labute approximate surface area is 187 Å². The molecule has 3 heterocycles. The van der Waals surface area contributed by atoms with Crippen molar-refractivity contribution in [1.29, 1.82) is 0 Å². The van der Waals surface area contributed by atoms with E-state index in [1.165, 1.54) is 0 Å². The van der Waals surface area contributed by atoms with Crippen LogP contribution in [0.2, 0.25) is 25.7 Å². The monoisotopic (exact) mass is 494 g/mol. The number of carbonyl (C=O) groups excluding carboxylic acids is 1. The van der Waals surface area contributed by atoms with Gasteiger partial charge in [-0.05, 0) is 38.9 Å². The first-order valence-electron chi connectivity index (χ1n) is 10.2. The summed E-state index contributed by atoms with van der Waals surface area (Å²) in [7, 11) is -1.17. The molecule has 0 radical (unpaired) electrons. The van der Waals surface area contributed by atoms with Gasteiger partial charge in [-0.3, -0.25) is 9.88 Å². The van der Waals surface area contributed by atoms with Crippen molar-refractivity contribution in [2.75, 3.05) is 6.61 Å². The molecule has 0 bridgehead atoms. The van der Waals surface area contributed by atoms with Crippen LogP contribution in [0.25, 0.3) is 11.5 Å². The Kier molecular flexibility index (Phi) is 6.74. The highest BCUT2D eigenvalue weighted by Crippen LogP contribution is 2.30. The number of carbonyl (C=O) groups is 1. The SMILES string of the molecule is CC(C)(C)OC(=O)N1Cc2nc(-c3cc(Br)ccn3)n(COCC[Si](C)(C)C)c2C1. The van der Waals surface area contributed by atoms with Crippen LogP contribution in [0.3, 0.4) is 0 Å². The molecule has 9 heteroatoms. The third-order valence-corrected chi connectivity index (χ3v) is 6.85. The van der Waals surface area contributed by atoms with E-state index < -0.39 is 13.7 Å². The topological polar surface area (TPSA) is 69.5 Å². The number of pyridine rings is 1. The summed E-state index contributed by atoms with van der Waals surface area (Å²) >= 11 is 3.51. The predicted molar refractivity (Wildman–Crippen MR) is 123 cm³/mol. The number of hydrogen-bond acceptors (Lipinski definition) is 5. The van der Waals surface area contributed by atoms with Gasteiger partial charge in [0.05, 0.1) is 24.5 Å². The third kappa shape index (κ3) is 5.92. The number of fused-ring (bicyclic) bond motifs is 1. The number of ether oxygens (including phenoxy) is 2. The Morgan fingerprint density at radius 3 is 2.63 bits per heavy atom. The van der Waals surface area contributed by atoms with Crippen LogP contribution in [0.15, 0.2) is 22.8 Å². The summed E-state index contributed by atoms with van der Waals surface area (Å²) in [5.74, 6) is 0.762. The van der Waals surface area contributed by atoms with Gasteiger partial charge >= 0.3 is 6.09 Å². The third-order valence-electron chi connectivity index (χ3n) is 4.66. The van der Waals surface area contributed by atoms with Gasteiger partial charge in [0.15, 0.2) is 5.82 Å². The van der Waals surface area contributed by atoms with Crippen molar-refractivity contribution in [2.45, 2.75) is 71.9 Å². The average molecular weight is 495 g/mol. The van der Waals surface area contributed by atoms with E-state index in [4.69, 9.17) is 14.5 Å². The minimum absolute atomic E-state index is 0.325. The van der Waals surface area contributed by atoms with Crippen LogP contribution in [0.4, 0.5) is 4.79 Å². The number of aromatic nitrogens is 3. The van der Waals surface area contributed by atoms with E-state index in [-0.39, 0.29) is 6.09 Å². The predicted octanol–water partition coefficient (Wildman–Crippen LogP) is 5.27. The van der Waals surface area contributed by atoms with Gasteiger partial charge in [-0.1, -0.05) is 35.6 Å². The molecule has 0 atom stereocenters. The van der Waals surface area contributed by atoms with Crippen molar-refractivity contribution >= 4 is 30.1 Å². The molecule has 0 fully saturated rings. The van der Waals surface area contributed by atoms with Crippen LogP contribution >= 0.6 is 15.9 Å². The zero-order chi connectivity index (χ0) is 22.1. The lowest BCUT2D eigenvalue weighted by molar-refractivity contribution is 0.0232.